The average Bonchev–Trinajstić information content (AvgIpc) is 2.42. The van der Waals surface area contributed by atoms with E-state index in [2.05, 4.69) is 22.1 Å². The molecule has 1 atom stereocenters. The van der Waals surface area contributed by atoms with Gasteiger partial charge in [0, 0.05) is 44.5 Å². The quantitative estimate of drug-likeness (QED) is 0.894. The maximum Gasteiger partial charge on any atom is 0.258 e. The molecule has 1 aliphatic heterocycles. The van der Waals surface area contributed by atoms with E-state index in [1.807, 2.05) is 18.2 Å². The molecule has 1 N–H and O–H groups in total. The van der Waals surface area contributed by atoms with Crippen LogP contribution in [0.15, 0.2) is 35.3 Å². The van der Waals surface area contributed by atoms with Crippen LogP contribution in [0.5, 0.6) is 0 Å². The molecular formula is C14H19ClN4O. The number of piperazine rings is 1. The molecule has 0 bridgehead atoms. The van der Waals surface area contributed by atoms with E-state index in [0.29, 0.717) is 11.7 Å². The Morgan fingerprint density at radius 1 is 1.45 bits per heavy atom. The van der Waals surface area contributed by atoms with Crippen molar-refractivity contribution in [3.8, 4) is 0 Å². The average molecular weight is 295 g/mol. The van der Waals surface area contributed by atoms with E-state index < -0.39 is 0 Å². The van der Waals surface area contributed by atoms with Gasteiger partial charge in [0.25, 0.3) is 5.56 Å². The molecule has 0 unspecified atom stereocenters. The van der Waals surface area contributed by atoms with Crippen LogP contribution in [0.2, 0.25) is 0 Å². The molecule has 108 valence electrons. The molecule has 0 amide bonds. The van der Waals surface area contributed by atoms with Crippen molar-refractivity contribution in [2.75, 3.05) is 19.6 Å². The maximum atomic E-state index is 12.0. The van der Waals surface area contributed by atoms with Crippen LogP contribution < -0.4 is 10.9 Å². The summed E-state index contributed by atoms with van der Waals surface area (Å²) in [6.07, 6.45) is 1.75. The van der Waals surface area contributed by atoms with Gasteiger partial charge in [-0.25, -0.2) is 4.98 Å². The minimum absolute atomic E-state index is 0. The zero-order valence-electron chi connectivity index (χ0n) is 11.5. The van der Waals surface area contributed by atoms with Crippen LogP contribution in [0.25, 0.3) is 5.65 Å². The second-order valence-corrected chi connectivity index (χ2v) is 5.04. The summed E-state index contributed by atoms with van der Waals surface area (Å²) in [7, 11) is 0. The Morgan fingerprint density at radius 3 is 3.10 bits per heavy atom. The Hall–Kier alpha value is -1.43. The molecule has 1 fully saturated rings. The van der Waals surface area contributed by atoms with E-state index in [0.717, 1.165) is 31.9 Å². The van der Waals surface area contributed by atoms with Crippen LogP contribution in [0, 0.1) is 0 Å². The molecule has 3 rings (SSSR count). The van der Waals surface area contributed by atoms with E-state index >= 15 is 0 Å². The van der Waals surface area contributed by atoms with Crippen molar-refractivity contribution in [2.24, 2.45) is 0 Å². The smallest absolute Gasteiger partial charge is 0.258 e. The number of hydrogen-bond donors (Lipinski definition) is 1. The monoisotopic (exact) mass is 294 g/mol. The highest BCUT2D eigenvalue weighted by Crippen LogP contribution is 2.08. The molecule has 20 heavy (non-hydrogen) atoms. The van der Waals surface area contributed by atoms with Crippen molar-refractivity contribution in [3.63, 3.8) is 0 Å². The van der Waals surface area contributed by atoms with Gasteiger partial charge in [0.05, 0.1) is 5.69 Å². The second-order valence-electron chi connectivity index (χ2n) is 5.04. The second kappa shape index (κ2) is 6.35. The van der Waals surface area contributed by atoms with E-state index in [-0.39, 0.29) is 18.0 Å². The predicted octanol–water partition coefficient (Wildman–Crippen LogP) is 0.910. The van der Waals surface area contributed by atoms with E-state index in [4.69, 9.17) is 0 Å². The summed E-state index contributed by atoms with van der Waals surface area (Å²) in [4.78, 5) is 18.9. The van der Waals surface area contributed by atoms with Gasteiger partial charge in [0.15, 0.2) is 0 Å². The Kier molecular flexibility index (Phi) is 4.75. The van der Waals surface area contributed by atoms with Gasteiger partial charge in [-0.2, -0.15) is 0 Å². The Labute approximate surface area is 124 Å². The number of nitrogens with zero attached hydrogens (tertiary/aromatic N) is 3. The standard InChI is InChI=1S/C14H18N4O.ClH/c1-11-9-15-5-7-17(11)10-12-8-14(19)18-6-3-2-4-13(18)16-12;/h2-4,6,8,11,15H,5,7,9-10H2,1H3;1H/t11-;/m0./s1. The molecule has 3 heterocycles. The lowest BCUT2D eigenvalue weighted by Crippen LogP contribution is -2.49. The summed E-state index contributed by atoms with van der Waals surface area (Å²) < 4.78 is 1.57. The fourth-order valence-electron chi connectivity index (χ4n) is 2.51. The van der Waals surface area contributed by atoms with E-state index in [1.54, 1.807) is 16.7 Å². The van der Waals surface area contributed by atoms with Gasteiger partial charge >= 0.3 is 0 Å². The van der Waals surface area contributed by atoms with Gasteiger partial charge in [0.1, 0.15) is 5.65 Å². The van der Waals surface area contributed by atoms with Crippen molar-refractivity contribution in [1.29, 1.82) is 0 Å². The summed E-state index contributed by atoms with van der Waals surface area (Å²) in [6.45, 7) is 5.92. The number of nitrogens with one attached hydrogen (secondary N) is 1. The number of fused-ring (bicyclic) bond motifs is 1. The van der Waals surface area contributed by atoms with E-state index in [9.17, 15) is 4.79 Å². The molecule has 1 aliphatic rings. The summed E-state index contributed by atoms with van der Waals surface area (Å²) >= 11 is 0. The van der Waals surface area contributed by atoms with Gasteiger partial charge in [-0.3, -0.25) is 14.1 Å². The molecule has 6 heteroatoms. The van der Waals surface area contributed by atoms with E-state index in [1.165, 1.54) is 0 Å². The van der Waals surface area contributed by atoms with Crippen LogP contribution in [0.1, 0.15) is 12.6 Å². The summed E-state index contributed by atoms with van der Waals surface area (Å²) in [6, 6.07) is 7.73. The first-order valence-electron chi connectivity index (χ1n) is 6.66. The third-order valence-electron chi connectivity index (χ3n) is 3.63. The van der Waals surface area contributed by atoms with Crippen LogP contribution in [-0.4, -0.2) is 40.0 Å². The molecule has 1 saturated heterocycles. The molecular weight excluding hydrogens is 276 g/mol. The highest BCUT2D eigenvalue weighted by atomic mass is 35.5. The third kappa shape index (κ3) is 3.00. The molecule has 2 aromatic heterocycles. The van der Waals surface area contributed by atoms with Crippen LogP contribution >= 0.6 is 12.4 Å². The van der Waals surface area contributed by atoms with Gasteiger partial charge in [0.2, 0.25) is 0 Å². The Balaban J connectivity index is 0.00000147. The lowest BCUT2D eigenvalue weighted by molar-refractivity contribution is 0.164. The van der Waals surface area contributed by atoms with Crippen molar-refractivity contribution < 1.29 is 0 Å². The fourth-order valence-corrected chi connectivity index (χ4v) is 2.51. The summed E-state index contributed by atoms with van der Waals surface area (Å²) in [5.74, 6) is 0. The number of aromatic nitrogens is 2. The summed E-state index contributed by atoms with van der Waals surface area (Å²) in [5.41, 5.74) is 1.56. The molecule has 0 spiro atoms. The first kappa shape index (κ1) is 15.0. The molecule has 2 aromatic rings. The largest absolute Gasteiger partial charge is 0.314 e. The van der Waals surface area contributed by atoms with Gasteiger partial charge < -0.3 is 5.32 Å². The van der Waals surface area contributed by atoms with Crippen molar-refractivity contribution in [3.05, 3.63) is 46.5 Å². The number of rotatable bonds is 2. The molecule has 0 aromatic carbocycles. The van der Waals surface area contributed by atoms with Crippen molar-refractivity contribution in [1.82, 2.24) is 19.6 Å². The topological polar surface area (TPSA) is 49.6 Å². The minimum Gasteiger partial charge on any atom is -0.314 e. The summed E-state index contributed by atoms with van der Waals surface area (Å²) in [5, 5.41) is 3.36. The molecule has 0 radical (unpaired) electrons. The maximum absolute atomic E-state index is 12.0. The van der Waals surface area contributed by atoms with Gasteiger partial charge in [-0.1, -0.05) is 6.07 Å². The number of hydrogen-bond acceptors (Lipinski definition) is 4. The third-order valence-corrected chi connectivity index (χ3v) is 3.63. The Morgan fingerprint density at radius 2 is 2.30 bits per heavy atom. The molecule has 5 nitrogen and oxygen atoms in total. The van der Waals surface area contributed by atoms with Crippen molar-refractivity contribution in [2.45, 2.75) is 19.5 Å². The van der Waals surface area contributed by atoms with Crippen LogP contribution in [0.3, 0.4) is 0 Å². The first-order chi connectivity index (χ1) is 9.24. The van der Waals surface area contributed by atoms with Crippen molar-refractivity contribution >= 4 is 18.1 Å². The number of halogens is 1. The molecule has 0 aliphatic carbocycles. The normalized spacial score (nSPS) is 19.8. The minimum atomic E-state index is -0.0108. The lowest BCUT2D eigenvalue weighted by Gasteiger charge is -2.33. The number of pyridine rings is 1. The predicted molar refractivity (Wildman–Crippen MR) is 81.5 cm³/mol. The van der Waals surface area contributed by atoms with Crippen LogP contribution in [0.4, 0.5) is 0 Å². The fraction of sp³-hybridized carbons (Fsp3) is 0.429. The highest BCUT2D eigenvalue weighted by molar-refractivity contribution is 5.85. The first-order valence-corrected chi connectivity index (χ1v) is 6.66. The highest BCUT2D eigenvalue weighted by Gasteiger charge is 2.18. The van der Waals surface area contributed by atoms with Gasteiger partial charge in [-0.15, -0.1) is 12.4 Å². The lowest BCUT2D eigenvalue weighted by atomic mass is 10.2. The SMILES string of the molecule is C[C@H]1CNCCN1Cc1cc(=O)n2ccccc2n1.Cl. The molecule has 0 saturated carbocycles. The zero-order valence-corrected chi connectivity index (χ0v) is 12.3. The Bertz CT molecular complexity index is 642. The van der Waals surface area contributed by atoms with Gasteiger partial charge in [-0.05, 0) is 19.1 Å². The van der Waals surface area contributed by atoms with Crippen LogP contribution in [-0.2, 0) is 6.54 Å². The zero-order chi connectivity index (χ0) is 13.2.